The van der Waals surface area contributed by atoms with Crippen LogP contribution in [-0.2, 0) is 0 Å². The van der Waals surface area contributed by atoms with E-state index < -0.39 is 16.4 Å². The number of carbonyl (C=O) groups is 1. The van der Waals surface area contributed by atoms with Crippen molar-refractivity contribution in [3.8, 4) is 0 Å². The van der Waals surface area contributed by atoms with Gasteiger partial charge in [-0.1, -0.05) is 19.8 Å². The van der Waals surface area contributed by atoms with Gasteiger partial charge in [-0.25, -0.2) is 0 Å². The molecule has 0 aromatic heterocycles. The third kappa shape index (κ3) is 3.31. The highest BCUT2D eigenvalue weighted by Gasteiger charge is 2.22. The number of hydrogen-bond acceptors (Lipinski definition) is 3. The van der Waals surface area contributed by atoms with Gasteiger partial charge in [0.15, 0.2) is 0 Å². The molecule has 108 valence electrons. The number of rotatable bonds is 3. The van der Waals surface area contributed by atoms with Crippen molar-refractivity contribution >= 4 is 11.6 Å². The Kier molecular flexibility index (Phi) is 4.32. The minimum Gasteiger partial charge on any atom is -0.349 e. The number of nitrogens with one attached hydrogen (secondary N) is 1. The van der Waals surface area contributed by atoms with Gasteiger partial charge in [0.25, 0.3) is 5.91 Å². The molecular weight excluding hydrogens is 263 g/mol. The quantitative estimate of drug-likeness (QED) is 0.683. The molecule has 20 heavy (non-hydrogen) atoms. The van der Waals surface area contributed by atoms with Crippen molar-refractivity contribution in [1.82, 2.24) is 5.32 Å². The first-order valence-electron chi connectivity index (χ1n) is 6.72. The number of carbonyl (C=O) groups excluding carboxylic acids is 1. The lowest BCUT2D eigenvalue weighted by atomic mass is 9.87. The van der Waals surface area contributed by atoms with Crippen LogP contribution in [0.5, 0.6) is 0 Å². The highest BCUT2D eigenvalue weighted by atomic mass is 19.1. The van der Waals surface area contributed by atoms with Gasteiger partial charge in [0.05, 0.1) is 4.92 Å². The Bertz CT molecular complexity index is 533. The third-order valence-corrected chi connectivity index (χ3v) is 3.68. The number of benzene rings is 1. The maximum atomic E-state index is 13.5. The van der Waals surface area contributed by atoms with E-state index in [0.717, 1.165) is 31.4 Å². The molecule has 1 saturated carbocycles. The molecule has 1 aromatic rings. The molecule has 2 unspecified atom stereocenters. The third-order valence-electron chi connectivity index (χ3n) is 3.68. The predicted molar refractivity (Wildman–Crippen MR) is 71.9 cm³/mol. The molecule has 1 aliphatic carbocycles. The van der Waals surface area contributed by atoms with Gasteiger partial charge in [-0.3, -0.25) is 14.9 Å². The maximum Gasteiger partial charge on any atom is 0.304 e. The van der Waals surface area contributed by atoms with Gasteiger partial charge in [-0.2, -0.15) is 4.39 Å². The van der Waals surface area contributed by atoms with E-state index in [2.05, 4.69) is 12.2 Å². The summed E-state index contributed by atoms with van der Waals surface area (Å²) in [6.45, 7) is 2.14. The summed E-state index contributed by atoms with van der Waals surface area (Å²) >= 11 is 0. The van der Waals surface area contributed by atoms with Gasteiger partial charge < -0.3 is 5.32 Å². The van der Waals surface area contributed by atoms with E-state index in [1.807, 2.05) is 0 Å². The summed E-state index contributed by atoms with van der Waals surface area (Å²) in [5.41, 5.74) is -0.501. The standard InChI is InChI=1S/C14H17FN2O3/c1-9-3-2-4-11(7-9)16-14(18)10-5-6-13(17(19)20)12(15)8-10/h5-6,8-9,11H,2-4,7H2,1H3,(H,16,18). The summed E-state index contributed by atoms with van der Waals surface area (Å²) < 4.78 is 13.5. The lowest BCUT2D eigenvalue weighted by molar-refractivity contribution is -0.387. The van der Waals surface area contributed by atoms with Crippen LogP contribution in [0, 0.1) is 21.8 Å². The molecule has 2 atom stereocenters. The van der Waals surface area contributed by atoms with E-state index in [0.29, 0.717) is 5.92 Å². The molecule has 0 saturated heterocycles. The highest BCUT2D eigenvalue weighted by molar-refractivity contribution is 5.94. The van der Waals surface area contributed by atoms with E-state index in [9.17, 15) is 19.3 Å². The van der Waals surface area contributed by atoms with Crippen LogP contribution in [0.3, 0.4) is 0 Å². The lowest BCUT2D eigenvalue weighted by Gasteiger charge is -2.27. The zero-order chi connectivity index (χ0) is 14.7. The Morgan fingerprint density at radius 1 is 1.45 bits per heavy atom. The molecule has 0 spiro atoms. The topological polar surface area (TPSA) is 72.2 Å². The zero-order valence-corrected chi connectivity index (χ0v) is 11.3. The zero-order valence-electron chi connectivity index (χ0n) is 11.3. The maximum absolute atomic E-state index is 13.5. The van der Waals surface area contributed by atoms with E-state index in [-0.39, 0.29) is 17.5 Å². The predicted octanol–water partition coefficient (Wildman–Crippen LogP) is 3.04. The number of nitro benzene ring substituents is 1. The first kappa shape index (κ1) is 14.4. The Hall–Kier alpha value is -1.98. The van der Waals surface area contributed by atoms with Gasteiger partial charge in [0, 0.05) is 17.7 Å². The molecule has 6 heteroatoms. The minimum atomic E-state index is -0.986. The first-order valence-corrected chi connectivity index (χ1v) is 6.72. The highest BCUT2D eigenvalue weighted by Crippen LogP contribution is 2.24. The van der Waals surface area contributed by atoms with Crippen molar-refractivity contribution in [2.75, 3.05) is 0 Å². The second kappa shape index (κ2) is 5.98. The fraction of sp³-hybridized carbons (Fsp3) is 0.500. The minimum absolute atomic E-state index is 0.101. The summed E-state index contributed by atoms with van der Waals surface area (Å²) in [6.07, 6.45) is 4.08. The largest absolute Gasteiger partial charge is 0.349 e. The van der Waals surface area contributed by atoms with Crippen LogP contribution >= 0.6 is 0 Å². The molecule has 2 rings (SSSR count). The summed E-state index contributed by atoms with van der Waals surface area (Å²) in [5, 5.41) is 13.4. The van der Waals surface area contributed by atoms with Crippen LogP contribution in [0.15, 0.2) is 18.2 Å². The Balaban J connectivity index is 2.05. The molecule has 0 heterocycles. The molecule has 0 radical (unpaired) electrons. The average Bonchev–Trinajstić information content (AvgIpc) is 2.38. The van der Waals surface area contributed by atoms with Gasteiger partial charge in [0.2, 0.25) is 5.82 Å². The van der Waals surface area contributed by atoms with Crippen LogP contribution in [0.4, 0.5) is 10.1 Å². The smallest absolute Gasteiger partial charge is 0.304 e. The van der Waals surface area contributed by atoms with Crippen molar-refractivity contribution in [1.29, 1.82) is 0 Å². The lowest BCUT2D eigenvalue weighted by Crippen LogP contribution is -2.38. The molecule has 0 bridgehead atoms. The SMILES string of the molecule is CC1CCCC(NC(=O)c2ccc([N+](=O)[O-])c(F)c2)C1. The Morgan fingerprint density at radius 3 is 2.80 bits per heavy atom. The fourth-order valence-electron chi connectivity index (χ4n) is 2.63. The van der Waals surface area contributed by atoms with Crippen molar-refractivity contribution in [3.63, 3.8) is 0 Å². The first-order chi connectivity index (χ1) is 9.47. The molecule has 5 nitrogen and oxygen atoms in total. The van der Waals surface area contributed by atoms with Crippen LogP contribution in [0.1, 0.15) is 43.0 Å². The normalized spacial score (nSPS) is 22.3. The molecule has 1 aromatic carbocycles. The van der Waals surface area contributed by atoms with Gasteiger partial charge in [-0.05, 0) is 30.9 Å². The fourth-order valence-corrected chi connectivity index (χ4v) is 2.63. The molecule has 1 fully saturated rings. The second-order valence-corrected chi connectivity index (χ2v) is 5.37. The van der Waals surface area contributed by atoms with Gasteiger partial charge >= 0.3 is 5.69 Å². The number of halogens is 1. The van der Waals surface area contributed by atoms with Crippen LogP contribution in [-0.4, -0.2) is 16.9 Å². The number of amides is 1. The summed E-state index contributed by atoms with van der Waals surface area (Å²) in [4.78, 5) is 21.7. The van der Waals surface area contributed by atoms with Crippen molar-refractivity contribution in [2.45, 2.75) is 38.6 Å². The van der Waals surface area contributed by atoms with Crippen molar-refractivity contribution in [2.24, 2.45) is 5.92 Å². The summed E-state index contributed by atoms with van der Waals surface area (Å²) in [7, 11) is 0. The van der Waals surface area contributed by atoms with E-state index in [1.165, 1.54) is 12.5 Å². The van der Waals surface area contributed by atoms with Crippen LogP contribution < -0.4 is 5.32 Å². The molecule has 1 aliphatic rings. The Morgan fingerprint density at radius 2 is 2.20 bits per heavy atom. The Labute approximate surface area is 116 Å². The average molecular weight is 280 g/mol. The molecule has 1 amide bonds. The summed E-state index contributed by atoms with van der Waals surface area (Å²) in [5.74, 6) is -0.791. The monoisotopic (exact) mass is 280 g/mol. The van der Waals surface area contributed by atoms with Gasteiger partial charge in [-0.15, -0.1) is 0 Å². The van der Waals surface area contributed by atoms with Crippen molar-refractivity contribution in [3.05, 3.63) is 39.7 Å². The molecule has 1 N–H and O–H groups in total. The number of nitro groups is 1. The van der Waals surface area contributed by atoms with Crippen LogP contribution in [0.2, 0.25) is 0 Å². The summed E-state index contributed by atoms with van der Waals surface area (Å²) in [6, 6.07) is 3.32. The molecular formula is C14H17FN2O3. The van der Waals surface area contributed by atoms with E-state index in [4.69, 9.17) is 0 Å². The number of nitrogens with zero attached hydrogens (tertiary/aromatic N) is 1. The number of hydrogen-bond donors (Lipinski definition) is 1. The van der Waals surface area contributed by atoms with E-state index in [1.54, 1.807) is 0 Å². The second-order valence-electron chi connectivity index (χ2n) is 5.37. The van der Waals surface area contributed by atoms with Gasteiger partial charge in [0.1, 0.15) is 0 Å². The van der Waals surface area contributed by atoms with Crippen LogP contribution in [0.25, 0.3) is 0 Å². The van der Waals surface area contributed by atoms with E-state index >= 15 is 0 Å². The van der Waals surface area contributed by atoms with Crippen molar-refractivity contribution < 1.29 is 14.1 Å². The molecule has 0 aliphatic heterocycles.